The molecule has 0 spiro atoms. The minimum atomic E-state index is 0.339. The Hall–Kier alpha value is -14.8. The lowest BCUT2D eigenvalue weighted by Crippen LogP contribution is -2.02. The van der Waals surface area contributed by atoms with E-state index < -0.39 is 0 Å². The Bertz CT molecular complexity index is 5740. The van der Waals surface area contributed by atoms with E-state index in [1.54, 1.807) is 72.8 Å². The minimum Gasteiger partial charge on any atom is -0.309 e. The Morgan fingerprint density at radius 2 is 0.604 bits per heavy atom. The first-order valence-electron chi connectivity index (χ1n) is 30.3. The first-order chi connectivity index (χ1) is 47.1. The van der Waals surface area contributed by atoms with Gasteiger partial charge in [-0.3, -0.25) is 0 Å². The third-order valence-electron chi connectivity index (χ3n) is 17.4. The smallest absolute Gasteiger partial charge is 0.189 e. The van der Waals surface area contributed by atoms with E-state index in [2.05, 4.69) is 132 Å². The van der Waals surface area contributed by atoms with Gasteiger partial charge in [-0.05, 0) is 190 Å². The molecule has 0 saturated carbocycles. The fourth-order valence-electron chi connectivity index (χ4n) is 13.0. The summed E-state index contributed by atoms with van der Waals surface area (Å²) in [4.78, 5) is 25.4. The van der Waals surface area contributed by atoms with Crippen LogP contribution >= 0.6 is 0 Å². The Labute approximate surface area is 551 Å². The minimum absolute atomic E-state index is 0.339. The normalized spacial score (nSPS) is 10.8. The molecule has 15 rings (SSSR count). The topological polar surface area (TPSA) is 148 Å². The van der Waals surface area contributed by atoms with Crippen LogP contribution in [0.2, 0.25) is 0 Å². The Balaban J connectivity index is 1.03. The molecule has 0 unspecified atom stereocenters. The van der Waals surface area contributed by atoms with Crippen molar-refractivity contribution in [1.82, 2.24) is 19.1 Å². The molecule has 0 aliphatic heterocycles. The summed E-state index contributed by atoms with van der Waals surface area (Å²) in [5, 5.41) is 44.0. The van der Waals surface area contributed by atoms with Gasteiger partial charge in [0.1, 0.15) is 0 Å². The summed E-state index contributed by atoms with van der Waals surface area (Å²) < 4.78 is 4.52. The number of nitrogens with zero attached hydrogens (tertiary/aromatic N) is 12. The van der Waals surface area contributed by atoms with Crippen molar-refractivity contribution >= 4 is 66.4 Å². The van der Waals surface area contributed by atoms with Gasteiger partial charge in [-0.15, -0.1) is 0 Å². The number of fused-ring (bicyclic) bond motifs is 6. The maximum atomic E-state index is 10.1. The predicted molar refractivity (Wildman–Crippen MR) is 378 cm³/mol. The molecule has 3 heterocycles. The fraction of sp³-hybridized carbons (Fsp3) is 0. The number of benzene rings is 12. The van der Waals surface area contributed by atoms with Gasteiger partial charge in [0.05, 0.1) is 95.4 Å². The van der Waals surface area contributed by atoms with Crippen LogP contribution in [0.5, 0.6) is 0 Å². The van der Waals surface area contributed by atoms with Crippen LogP contribution in [-0.2, 0) is 0 Å². The molecule has 0 aliphatic rings. The van der Waals surface area contributed by atoms with Crippen LogP contribution in [0.4, 0.5) is 22.7 Å². The zero-order valence-electron chi connectivity index (χ0n) is 50.6. The molecule has 96 heavy (non-hydrogen) atoms. The Kier molecular flexibility index (Phi) is 14.3. The molecule has 0 bridgehead atoms. The van der Waals surface area contributed by atoms with Crippen molar-refractivity contribution in [3.05, 3.63) is 323 Å². The van der Waals surface area contributed by atoms with Crippen molar-refractivity contribution < 1.29 is 0 Å². The predicted octanol–water partition coefficient (Wildman–Crippen LogP) is 21.7. The largest absolute Gasteiger partial charge is 0.309 e. The van der Waals surface area contributed by atoms with Crippen LogP contribution < -0.4 is 0 Å². The molecule has 3 aromatic heterocycles. The van der Waals surface area contributed by atoms with Crippen molar-refractivity contribution in [2.24, 2.45) is 0 Å². The third kappa shape index (κ3) is 10.3. The van der Waals surface area contributed by atoms with E-state index in [0.717, 1.165) is 111 Å². The molecule has 12 nitrogen and oxygen atoms in total. The molecule has 12 aromatic carbocycles. The molecule has 15 aromatic rings. The van der Waals surface area contributed by atoms with Gasteiger partial charge in [0.25, 0.3) is 0 Å². The number of hydrogen-bond donors (Lipinski definition) is 0. The van der Waals surface area contributed by atoms with Crippen LogP contribution in [0.3, 0.4) is 0 Å². The molecule has 438 valence electrons. The van der Waals surface area contributed by atoms with Crippen molar-refractivity contribution in [2.45, 2.75) is 0 Å². The highest BCUT2D eigenvalue weighted by atomic mass is 15.0. The van der Waals surface area contributed by atoms with E-state index >= 15 is 0 Å². The first kappa shape index (κ1) is 57.7. The quantitative estimate of drug-likeness (QED) is 0.125. The van der Waals surface area contributed by atoms with Gasteiger partial charge in [0, 0.05) is 71.6 Å². The number of hydrogen-bond acceptors (Lipinski definition) is 6. The van der Waals surface area contributed by atoms with Gasteiger partial charge in [-0.1, -0.05) is 109 Å². The highest BCUT2D eigenvalue weighted by Gasteiger charge is 2.24. The summed E-state index contributed by atoms with van der Waals surface area (Å²) in [5.41, 5.74) is 19.5. The number of nitriles is 4. The number of aromatic nitrogens is 4. The zero-order chi connectivity index (χ0) is 65.6. The molecule has 12 heteroatoms. The summed E-state index contributed by atoms with van der Waals surface area (Å²) in [6.07, 6.45) is 0. The van der Waals surface area contributed by atoms with E-state index in [1.807, 2.05) is 103 Å². The van der Waals surface area contributed by atoms with E-state index in [0.29, 0.717) is 78.8 Å². The number of rotatable bonds is 10. The summed E-state index contributed by atoms with van der Waals surface area (Å²) in [5.74, 6) is 0.554. The van der Waals surface area contributed by atoms with Gasteiger partial charge >= 0.3 is 0 Å². The van der Waals surface area contributed by atoms with E-state index in [9.17, 15) is 21.0 Å². The van der Waals surface area contributed by atoms with Gasteiger partial charge in [-0.2, -0.15) is 21.0 Å². The fourth-order valence-corrected chi connectivity index (χ4v) is 13.0. The second-order valence-corrected chi connectivity index (χ2v) is 23.0. The van der Waals surface area contributed by atoms with Crippen LogP contribution in [0, 0.1) is 71.6 Å². The van der Waals surface area contributed by atoms with Crippen LogP contribution in [0.1, 0.15) is 22.3 Å². The number of para-hydroxylation sites is 1. The lowest BCUT2D eigenvalue weighted by Gasteiger charge is -2.20. The SMILES string of the molecule is [C-]#[N+]c1cc(C#N)cc(-c2ccc3c(c2)c2cc(-c4cc(C#N)cc([N+]#[C-])c4)ccc2n3-c2ccccc2-c2cc(-c3cc(-c4ccccc4)nc(-c4ccccc4)n3)ccc2-n2c3ccc(-c4cc(C#N)cc([N+]#[C-])c4)cc3c3cc(-c4cc(C#N)cc([N+]#[C-])c4)ccc32)c1. The highest BCUT2D eigenvalue weighted by molar-refractivity contribution is 6.14. The average molecular weight is 1220 g/mol. The average Bonchev–Trinajstić information content (AvgIpc) is 1.55. The molecule has 0 amide bonds. The lowest BCUT2D eigenvalue weighted by molar-refractivity contribution is 1.16. The third-order valence-corrected chi connectivity index (χ3v) is 17.4. The molecule has 0 radical (unpaired) electrons. The lowest BCUT2D eigenvalue weighted by atomic mass is 9.96. The van der Waals surface area contributed by atoms with Gasteiger partial charge < -0.3 is 9.13 Å². The second kappa shape index (κ2) is 23.9. The molecule has 0 aliphatic carbocycles. The summed E-state index contributed by atoms with van der Waals surface area (Å²) in [6.45, 7) is 31.7. The first-order valence-corrected chi connectivity index (χ1v) is 30.3. The van der Waals surface area contributed by atoms with Crippen LogP contribution in [0.15, 0.2) is 255 Å². The molecule has 0 fully saturated rings. The van der Waals surface area contributed by atoms with Gasteiger partial charge in [0.15, 0.2) is 28.6 Å². The van der Waals surface area contributed by atoms with Crippen molar-refractivity contribution in [3.63, 3.8) is 0 Å². The second-order valence-electron chi connectivity index (χ2n) is 23.0. The van der Waals surface area contributed by atoms with Crippen molar-refractivity contribution in [3.8, 4) is 125 Å². The van der Waals surface area contributed by atoms with Crippen molar-refractivity contribution in [2.75, 3.05) is 0 Å². The maximum Gasteiger partial charge on any atom is 0.189 e. The Morgan fingerprint density at radius 1 is 0.271 bits per heavy atom. The summed E-state index contributed by atoms with van der Waals surface area (Å²) in [6, 6.07) is 91.0. The molecule has 0 N–H and O–H groups in total. The van der Waals surface area contributed by atoms with E-state index in [-0.39, 0.29) is 0 Å². The standard InChI is InChI=1S/C84H42N12/c1-89-66-33-51(47-85)29-62(37-66)57-19-24-80-72(41-57)73-42-58(63-30-52(48-86)34-67(38-63)90-2)20-25-81(73)95(80)78-18-12-11-17-70(78)71-45-61(77-46-76(55-13-7-5-8-14-55)93-84(94-77)56-15-9-6-10-16-56)23-28-79(71)96-82-26-21-59(64-31-53(49-87)35-68(39-64)91-3)43-74(82)75-44-60(22-27-83(75)96)65-32-54(50-88)36-69(40-65)92-4/h5-46H. The summed E-state index contributed by atoms with van der Waals surface area (Å²) in [7, 11) is 0. The Morgan fingerprint density at radius 3 is 0.979 bits per heavy atom. The maximum absolute atomic E-state index is 10.1. The van der Waals surface area contributed by atoms with Crippen molar-refractivity contribution in [1.29, 1.82) is 21.0 Å². The summed E-state index contributed by atoms with van der Waals surface area (Å²) >= 11 is 0. The van der Waals surface area contributed by atoms with Gasteiger partial charge in [-0.25, -0.2) is 29.3 Å². The van der Waals surface area contributed by atoms with Crippen LogP contribution in [-0.4, -0.2) is 19.1 Å². The monoisotopic (exact) mass is 1220 g/mol. The highest BCUT2D eigenvalue weighted by Crippen LogP contribution is 2.46. The molecule has 0 atom stereocenters. The van der Waals surface area contributed by atoms with E-state index in [1.165, 1.54) is 0 Å². The van der Waals surface area contributed by atoms with E-state index in [4.69, 9.17) is 36.3 Å². The molecule has 0 saturated heterocycles. The molecular formula is C84H42N12. The van der Waals surface area contributed by atoms with Crippen LogP contribution in [0.25, 0.3) is 164 Å². The molecular weight excluding hydrogens is 1180 g/mol. The zero-order valence-corrected chi connectivity index (χ0v) is 50.6. The van der Waals surface area contributed by atoms with Gasteiger partial charge in [0.2, 0.25) is 0 Å².